The van der Waals surface area contributed by atoms with Gasteiger partial charge in [-0.05, 0) is 45.0 Å². The van der Waals surface area contributed by atoms with Crippen LogP contribution in [0.4, 0.5) is 5.69 Å². The summed E-state index contributed by atoms with van der Waals surface area (Å²) < 4.78 is 33.1. The predicted octanol–water partition coefficient (Wildman–Crippen LogP) is 1.86. The second-order valence-corrected chi connectivity index (χ2v) is 7.30. The van der Waals surface area contributed by atoms with Gasteiger partial charge >= 0.3 is 10.2 Å². The van der Waals surface area contributed by atoms with E-state index >= 15 is 0 Å². The van der Waals surface area contributed by atoms with E-state index < -0.39 is 15.7 Å². The standard InChI is InChI=1S/C13H20N2O3S/c1-13(2,3)15-10-9-14(19(15,16)17)11-5-7-12(18-4)8-6-11/h5-8H,9-10H2,1-4H3. The largest absolute Gasteiger partial charge is 0.497 e. The number of nitrogens with zero attached hydrogens (tertiary/aromatic N) is 2. The molecule has 1 fully saturated rings. The van der Waals surface area contributed by atoms with E-state index in [4.69, 9.17) is 4.74 Å². The highest BCUT2D eigenvalue weighted by molar-refractivity contribution is 7.90. The Bertz CT molecular complexity index is 546. The van der Waals surface area contributed by atoms with Crippen molar-refractivity contribution in [3.05, 3.63) is 24.3 Å². The van der Waals surface area contributed by atoms with Gasteiger partial charge in [0.25, 0.3) is 0 Å². The number of hydrogen-bond acceptors (Lipinski definition) is 3. The van der Waals surface area contributed by atoms with Gasteiger partial charge in [-0.1, -0.05) is 0 Å². The summed E-state index contributed by atoms with van der Waals surface area (Å²) in [6, 6.07) is 7.07. The van der Waals surface area contributed by atoms with Crippen LogP contribution in [0.25, 0.3) is 0 Å². The Kier molecular flexibility index (Phi) is 3.49. The Labute approximate surface area is 115 Å². The molecule has 1 aliphatic rings. The Balaban J connectivity index is 2.32. The molecule has 1 aliphatic heterocycles. The van der Waals surface area contributed by atoms with Crippen molar-refractivity contribution in [2.45, 2.75) is 26.3 Å². The third-order valence-corrected chi connectivity index (χ3v) is 5.41. The minimum Gasteiger partial charge on any atom is -0.497 e. The van der Waals surface area contributed by atoms with Crippen LogP contribution in [-0.4, -0.2) is 38.5 Å². The van der Waals surface area contributed by atoms with Crippen molar-refractivity contribution in [3.63, 3.8) is 0 Å². The minimum atomic E-state index is -3.43. The molecule has 0 atom stereocenters. The van der Waals surface area contributed by atoms with Crippen LogP contribution in [-0.2, 0) is 10.2 Å². The SMILES string of the molecule is COc1ccc(N2CCN(C(C)(C)C)S2(=O)=O)cc1. The van der Waals surface area contributed by atoms with Gasteiger partial charge < -0.3 is 4.74 Å². The number of ether oxygens (including phenoxy) is 1. The lowest BCUT2D eigenvalue weighted by molar-refractivity contribution is 0.271. The second kappa shape index (κ2) is 4.68. The van der Waals surface area contributed by atoms with Crippen molar-refractivity contribution < 1.29 is 13.2 Å². The van der Waals surface area contributed by atoms with E-state index in [-0.39, 0.29) is 0 Å². The van der Waals surface area contributed by atoms with Crippen molar-refractivity contribution in [2.75, 3.05) is 24.5 Å². The van der Waals surface area contributed by atoms with Crippen LogP contribution in [0.3, 0.4) is 0 Å². The molecule has 0 unspecified atom stereocenters. The molecule has 2 rings (SSSR count). The molecule has 0 N–H and O–H groups in total. The average molecular weight is 284 g/mol. The van der Waals surface area contributed by atoms with E-state index in [0.29, 0.717) is 24.5 Å². The summed E-state index contributed by atoms with van der Waals surface area (Å²) >= 11 is 0. The quantitative estimate of drug-likeness (QED) is 0.833. The molecule has 106 valence electrons. The van der Waals surface area contributed by atoms with Crippen molar-refractivity contribution in [1.29, 1.82) is 0 Å². The predicted molar refractivity (Wildman–Crippen MR) is 75.7 cm³/mol. The van der Waals surface area contributed by atoms with Crippen LogP contribution in [0.15, 0.2) is 24.3 Å². The maximum atomic E-state index is 12.5. The zero-order valence-electron chi connectivity index (χ0n) is 11.8. The molecule has 1 aromatic rings. The van der Waals surface area contributed by atoms with Crippen LogP contribution in [0.5, 0.6) is 5.75 Å². The Morgan fingerprint density at radius 2 is 1.68 bits per heavy atom. The summed E-state index contributed by atoms with van der Waals surface area (Å²) in [7, 11) is -1.85. The lowest BCUT2D eigenvalue weighted by Gasteiger charge is -2.30. The molecule has 0 aromatic heterocycles. The zero-order valence-corrected chi connectivity index (χ0v) is 12.6. The van der Waals surface area contributed by atoms with Crippen LogP contribution in [0.2, 0.25) is 0 Å². The lowest BCUT2D eigenvalue weighted by Crippen LogP contribution is -2.44. The summed E-state index contributed by atoms with van der Waals surface area (Å²) in [4.78, 5) is 0. The maximum absolute atomic E-state index is 12.5. The fourth-order valence-electron chi connectivity index (χ4n) is 2.22. The molecule has 0 aliphatic carbocycles. The Morgan fingerprint density at radius 3 is 2.11 bits per heavy atom. The summed E-state index contributed by atoms with van der Waals surface area (Å²) in [6.45, 7) is 6.70. The molecule has 0 saturated carbocycles. The molecule has 1 aromatic carbocycles. The molecular weight excluding hydrogens is 264 g/mol. The Hall–Kier alpha value is -1.27. The molecule has 19 heavy (non-hydrogen) atoms. The van der Waals surface area contributed by atoms with Gasteiger partial charge in [-0.15, -0.1) is 0 Å². The molecule has 1 heterocycles. The van der Waals surface area contributed by atoms with E-state index in [2.05, 4.69) is 0 Å². The van der Waals surface area contributed by atoms with Crippen LogP contribution >= 0.6 is 0 Å². The first-order valence-electron chi connectivity index (χ1n) is 6.21. The molecule has 0 spiro atoms. The number of anilines is 1. The highest BCUT2D eigenvalue weighted by Gasteiger charge is 2.42. The molecule has 1 saturated heterocycles. The van der Waals surface area contributed by atoms with Crippen molar-refractivity contribution in [1.82, 2.24) is 4.31 Å². The Morgan fingerprint density at radius 1 is 1.11 bits per heavy atom. The summed E-state index contributed by atoms with van der Waals surface area (Å²) in [5.74, 6) is 0.716. The molecule has 0 amide bonds. The summed E-state index contributed by atoms with van der Waals surface area (Å²) in [5.41, 5.74) is 0.271. The van der Waals surface area contributed by atoms with Crippen molar-refractivity contribution in [3.8, 4) is 5.75 Å². The smallest absolute Gasteiger partial charge is 0.304 e. The molecule has 5 nitrogen and oxygen atoms in total. The first-order chi connectivity index (χ1) is 8.76. The van der Waals surface area contributed by atoms with E-state index in [1.807, 2.05) is 20.8 Å². The average Bonchev–Trinajstić information content (AvgIpc) is 2.64. The van der Waals surface area contributed by atoms with Crippen LogP contribution in [0.1, 0.15) is 20.8 Å². The molecule has 6 heteroatoms. The fourth-order valence-corrected chi connectivity index (χ4v) is 4.17. The summed E-state index contributed by atoms with van der Waals surface area (Å²) in [5, 5.41) is 0. The van der Waals surface area contributed by atoms with Gasteiger partial charge in [-0.2, -0.15) is 12.7 Å². The minimum absolute atomic E-state index is 0.403. The van der Waals surface area contributed by atoms with Gasteiger partial charge in [-0.25, -0.2) is 0 Å². The van der Waals surface area contributed by atoms with E-state index in [1.165, 1.54) is 8.61 Å². The number of rotatable bonds is 2. The molecule has 0 radical (unpaired) electrons. The fraction of sp³-hybridized carbons (Fsp3) is 0.538. The normalized spacial score (nSPS) is 19.7. The number of methoxy groups -OCH3 is 1. The van der Waals surface area contributed by atoms with Gasteiger partial charge in [0, 0.05) is 18.6 Å². The van der Waals surface area contributed by atoms with Gasteiger partial charge in [0.05, 0.1) is 12.8 Å². The van der Waals surface area contributed by atoms with E-state index in [9.17, 15) is 8.42 Å². The van der Waals surface area contributed by atoms with Crippen molar-refractivity contribution in [2.24, 2.45) is 0 Å². The highest BCUT2D eigenvalue weighted by atomic mass is 32.2. The van der Waals surface area contributed by atoms with Crippen LogP contribution in [0, 0.1) is 0 Å². The molecular formula is C13H20N2O3S. The molecule has 0 bridgehead atoms. The van der Waals surface area contributed by atoms with Gasteiger partial charge in [0.15, 0.2) is 0 Å². The van der Waals surface area contributed by atoms with Gasteiger partial charge in [0.2, 0.25) is 0 Å². The number of benzene rings is 1. The first-order valence-corrected chi connectivity index (χ1v) is 7.61. The van der Waals surface area contributed by atoms with Crippen LogP contribution < -0.4 is 9.04 Å². The van der Waals surface area contributed by atoms with E-state index in [1.54, 1.807) is 31.4 Å². The third kappa shape index (κ3) is 2.55. The third-order valence-electron chi connectivity index (χ3n) is 3.17. The second-order valence-electron chi connectivity index (χ2n) is 5.52. The lowest BCUT2D eigenvalue weighted by atomic mass is 10.1. The monoisotopic (exact) mass is 284 g/mol. The van der Waals surface area contributed by atoms with E-state index in [0.717, 1.165) is 0 Å². The topological polar surface area (TPSA) is 49.9 Å². The van der Waals surface area contributed by atoms with Crippen molar-refractivity contribution >= 4 is 15.9 Å². The maximum Gasteiger partial charge on any atom is 0.304 e. The van der Waals surface area contributed by atoms with Gasteiger partial charge in [0.1, 0.15) is 5.75 Å². The zero-order chi connectivity index (χ0) is 14.3. The summed E-state index contributed by atoms with van der Waals surface area (Å²) in [6.07, 6.45) is 0. The highest BCUT2D eigenvalue weighted by Crippen LogP contribution is 2.31. The number of hydrogen-bond donors (Lipinski definition) is 0. The van der Waals surface area contributed by atoms with Gasteiger partial charge in [-0.3, -0.25) is 4.31 Å². The first kappa shape index (κ1) is 14.1.